The summed E-state index contributed by atoms with van der Waals surface area (Å²) in [4.78, 5) is 15.0. The van der Waals surface area contributed by atoms with Gasteiger partial charge in [-0.25, -0.2) is 0 Å². The number of nitrogens with zero attached hydrogens (tertiary/aromatic N) is 2. The van der Waals surface area contributed by atoms with E-state index in [4.69, 9.17) is 0 Å². The van der Waals surface area contributed by atoms with Gasteiger partial charge in [-0.3, -0.25) is 19.6 Å². The molecule has 0 atom stereocenters. The Bertz CT molecular complexity index is 481. The quantitative estimate of drug-likeness (QED) is 0.763. The van der Waals surface area contributed by atoms with E-state index in [2.05, 4.69) is 15.4 Å². The molecule has 2 aromatic heterocycles. The first-order valence-electron chi connectivity index (χ1n) is 5.07. The maximum atomic E-state index is 10.8. The number of hydrogen-bond donors (Lipinski definition) is 2. The van der Waals surface area contributed by atoms with Gasteiger partial charge in [0.15, 0.2) is 6.29 Å². The van der Waals surface area contributed by atoms with E-state index in [-0.39, 0.29) is 0 Å². The molecule has 0 saturated carbocycles. The highest BCUT2D eigenvalue weighted by Gasteiger charge is 2.11. The average molecular weight is 218 g/mol. The number of rotatable bonds is 4. The van der Waals surface area contributed by atoms with Crippen molar-refractivity contribution in [3.8, 4) is 0 Å². The third-order valence-corrected chi connectivity index (χ3v) is 2.47. The van der Waals surface area contributed by atoms with Gasteiger partial charge in [-0.15, -0.1) is 0 Å². The van der Waals surface area contributed by atoms with Gasteiger partial charge < -0.3 is 5.32 Å². The number of aldehydes is 1. The molecule has 0 aromatic carbocycles. The second-order valence-corrected chi connectivity index (χ2v) is 3.63. The summed E-state index contributed by atoms with van der Waals surface area (Å²) in [5.41, 5.74) is 2.69. The Morgan fingerprint density at radius 2 is 2.38 bits per heavy atom. The van der Waals surface area contributed by atoms with Crippen LogP contribution in [-0.4, -0.2) is 28.1 Å². The standard InChI is InChI=1S/C11H14N4O/c1-8-3-4-9(5-13-8)6-15-10(7-16)11(12-2)14-15/h3-5,7,12,14H,6H2,1-2H3. The Kier molecular flexibility index (Phi) is 2.76. The molecule has 0 aliphatic heterocycles. The van der Waals surface area contributed by atoms with Crippen LogP contribution in [0.15, 0.2) is 18.3 Å². The van der Waals surface area contributed by atoms with Crippen molar-refractivity contribution in [3.05, 3.63) is 35.3 Å². The molecule has 2 rings (SSSR count). The van der Waals surface area contributed by atoms with Gasteiger partial charge in [0, 0.05) is 18.9 Å². The fraction of sp³-hybridized carbons (Fsp3) is 0.273. The van der Waals surface area contributed by atoms with Crippen molar-refractivity contribution in [2.45, 2.75) is 13.5 Å². The van der Waals surface area contributed by atoms with Crippen molar-refractivity contribution in [1.82, 2.24) is 14.8 Å². The Balaban J connectivity index is 2.15. The molecule has 0 aliphatic carbocycles. The van der Waals surface area contributed by atoms with Crippen LogP contribution in [0.25, 0.3) is 0 Å². The van der Waals surface area contributed by atoms with Crippen molar-refractivity contribution in [2.24, 2.45) is 0 Å². The maximum Gasteiger partial charge on any atom is 0.171 e. The van der Waals surface area contributed by atoms with Gasteiger partial charge in [-0.2, -0.15) is 0 Å². The van der Waals surface area contributed by atoms with Gasteiger partial charge >= 0.3 is 0 Å². The third-order valence-electron chi connectivity index (χ3n) is 2.47. The summed E-state index contributed by atoms with van der Waals surface area (Å²) in [5.74, 6) is 0.759. The number of aromatic nitrogens is 3. The van der Waals surface area contributed by atoms with Crippen LogP contribution in [0.4, 0.5) is 5.82 Å². The summed E-state index contributed by atoms with van der Waals surface area (Å²) < 4.78 is 1.78. The maximum absolute atomic E-state index is 10.8. The SMILES string of the molecule is CNc1[nH]n(Cc2ccc(C)nc2)c1C=O. The minimum Gasteiger partial charge on any atom is -0.372 e. The molecule has 5 heteroatoms. The summed E-state index contributed by atoms with van der Waals surface area (Å²) in [6, 6.07) is 3.96. The predicted octanol–water partition coefficient (Wildman–Crippen LogP) is 1.42. The van der Waals surface area contributed by atoms with Crippen molar-refractivity contribution in [3.63, 3.8) is 0 Å². The van der Waals surface area contributed by atoms with Crippen molar-refractivity contribution < 1.29 is 4.79 Å². The van der Waals surface area contributed by atoms with E-state index in [9.17, 15) is 4.79 Å². The summed E-state index contributed by atoms with van der Waals surface area (Å²) in [5, 5.41) is 5.94. The number of aryl methyl sites for hydroxylation is 1. The Hall–Kier alpha value is -2.04. The van der Waals surface area contributed by atoms with Gasteiger partial charge in [-0.05, 0) is 18.6 Å². The van der Waals surface area contributed by atoms with Crippen LogP contribution >= 0.6 is 0 Å². The average Bonchev–Trinajstić information content (AvgIpc) is 2.26. The van der Waals surface area contributed by atoms with E-state index < -0.39 is 0 Å². The van der Waals surface area contributed by atoms with Crippen molar-refractivity contribution in [1.29, 1.82) is 0 Å². The Labute approximate surface area is 93.5 Å². The normalized spacial score (nSPS) is 10.4. The topological polar surface area (TPSA) is 62.7 Å². The van der Waals surface area contributed by atoms with Crippen LogP contribution in [0, 0.1) is 6.92 Å². The van der Waals surface area contributed by atoms with Crippen molar-refractivity contribution in [2.75, 3.05) is 12.4 Å². The highest BCUT2D eigenvalue weighted by Crippen LogP contribution is 2.14. The number of hydrogen-bond acceptors (Lipinski definition) is 3. The van der Waals surface area contributed by atoms with Gasteiger partial charge in [0.25, 0.3) is 0 Å². The fourth-order valence-corrected chi connectivity index (χ4v) is 1.54. The lowest BCUT2D eigenvalue weighted by atomic mass is 10.2. The van der Waals surface area contributed by atoms with Crippen LogP contribution < -0.4 is 5.32 Å². The first kappa shape index (κ1) is 10.5. The molecule has 0 unspecified atom stereocenters. The van der Waals surface area contributed by atoms with Crippen LogP contribution in [0.1, 0.15) is 21.7 Å². The zero-order valence-corrected chi connectivity index (χ0v) is 9.32. The smallest absolute Gasteiger partial charge is 0.171 e. The first-order valence-corrected chi connectivity index (χ1v) is 5.07. The number of aromatic amines is 1. The number of carbonyl (C=O) groups excluding carboxylic acids is 1. The number of H-pyrrole nitrogens is 1. The zero-order valence-electron chi connectivity index (χ0n) is 9.32. The van der Waals surface area contributed by atoms with Crippen LogP contribution in [0.3, 0.4) is 0 Å². The molecule has 2 N–H and O–H groups in total. The molecule has 0 bridgehead atoms. The van der Waals surface area contributed by atoms with Gasteiger partial charge in [0.2, 0.25) is 0 Å². The summed E-state index contributed by atoms with van der Waals surface area (Å²) in [7, 11) is 1.77. The van der Waals surface area contributed by atoms with Gasteiger partial charge in [-0.1, -0.05) is 6.07 Å². The minimum absolute atomic E-state index is 0.631. The second-order valence-electron chi connectivity index (χ2n) is 3.63. The van der Waals surface area contributed by atoms with Crippen LogP contribution in [-0.2, 0) is 6.54 Å². The molecule has 16 heavy (non-hydrogen) atoms. The molecule has 0 amide bonds. The highest BCUT2D eigenvalue weighted by atomic mass is 16.1. The van der Waals surface area contributed by atoms with E-state index in [1.807, 2.05) is 25.3 Å². The fourth-order valence-electron chi connectivity index (χ4n) is 1.54. The number of anilines is 1. The van der Waals surface area contributed by atoms with E-state index in [1.165, 1.54) is 0 Å². The Morgan fingerprint density at radius 3 is 2.94 bits per heavy atom. The molecular weight excluding hydrogens is 204 g/mol. The molecule has 84 valence electrons. The van der Waals surface area contributed by atoms with E-state index in [0.29, 0.717) is 12.2 Å². The first-order chi connectivity index (χ1) is 7.74. The lowest BCUT2D eigenvalue weighted by Gasteiger charge is -2.19. The second kappa shape index (κ2) is 4.22. The summed E-state index contributed by atoms with van der Waals surface area (Å²) >= 11 is 0. The van der Waals surface area contributed by atoms with E-state index >= 15 is 0 Å². The molecule has 0 spiro atoms. The molecule has 0 fully saturated rings. The molecule has 5 nitrogen and oxygen atoms in total. The monoisotopic (exact) mass is 218 g/mol. The highest BCUT2D eigenvalue weighted by molar-refractivity contribution is 5.81. The summed E-state index contributed by atoms with van der Waals surface area (Å²) in [6.45, 7) is 2.58. The number of nitrogens with one attached hydrogen (secondary N) is 2. The van der Waals surface area contributed by atoms with Crippen molar-refractivity contribution >= 4 is 12.1 Å². The molecule has 0 saturated heterocycles. The molecule has 2 heterocycles. The van der Waals surface area contributed by atoms with Gasteiger partial charge in [0.05, 0.1) is 6.54 Å². The number of carbonyl (C=O) groups is 1. The predicted molar refractivity (Wildman–Crippen MR) is 61.8 cm³/mol. The van der Waals surface area contributed by atoms with Crippen LogP contribution in [0.2, 0.25) is 0 Å². The molecule has 0 radical (unpaired) electrons. The van der Waals surface area contributed by atoms with Gasteiger partial charge in [0.1, 0.15) is 11.5 Å². The lowest BCUT2D eigenvalue weighted by molar-refractivity contribution is 0.111. The third kappa shape index (κ3) is 1.84. The lowest BCUT2D eigenvalue weighted by Crippen LogP contribution is -2.20. The van der Waals surface area contributed by atoms with E-state index in [0.717, 1.165) is 23.4 Å². The van der Waals surface area contributed by atoms with Crippen LogP contribution in [0.5, 0.6) is 0 Å². The molecule has 2 aromatic rings. The molecular formula is C11H14N4O. The number of pyridine rings is 1. The summed E-state index contributed by atoms with van der Waals surface area (Å²) in [6.07, 6.45) is 2.65. The minimum atomic E-state index is 0.631. The zero-order chi connectivity index (χ0) is 11.5. The largest absolute Gasteiger partial charge is 0.372 e. The molecule has 0 aliphatic rings. The Morgan fingerprint density at radius 1 is 1.56 bits per heavy atom. The van der Waals surface area contributed by atoms with E-state index in [1.54, 1.807) is 11.7 Å².